The molecule has 6 heteroatoms. The number of amides is 1. The SMILES string of the molecule is Cl.O=C(O)N[C@@H]1CNC[C@H]1O. The quantitative estimate of drug-likeness (QED) is 0.420. The van der Waals surface area contributed by atoms with Crippen molar-refractivity contribution in [1.82, 2.24) is 10.6 Å². The minimum absolute atomic E-state index is 0. The molecule has 1 aliphatic heterocycles. The molecule has 4 N–H and O–H groups in total. The molecule has 1 aliphatic rings. The lowest BCUT2D eigenvalue weighted by atomic mass is 10.2. The maximum absolute atomic E-state index is 10.1. The number of aliphatic hydroxyl groups excluding tert-OH is 1. The molecule has 1 heterocycles. The van der Waals surface area contributed by atoms with Crippen molar-refractivity contribution in [3.8, 4) is 0 Å². The molecule has 5 nitrogen and oxygen atoms in total. The molecule has 0 radical (unpaired) electrons. The van der Waals surface area contributed by atoms with Gasteiger partial charge in [-0.25, -0.2) is 4.79 Å². The number of nitrogens with one attached hydrogen (secondary N) is 2. The Morgan fingerprint density at radius 1 is 1.55 bits per heavy atom. The van der Waals surface area contributed by atoms with Gasteiger partial charge < -0.3 is 20.8 Å². The standard InChI is InChI=1S/C5H10N2O3.ClH/c8-4-2-6-1-3(4)7-5(9)10;/h3-4,6-8H,1-2H2,(H,9,10);1H/t3-,4-;/m1./s1. The second kappa shape index (κ2) is 4.38. The molecule has 1 rings (SSSR count). The van der Waals surface area contributed by atoms with E-state index >= 15 is 0 Å². The van der Waals surface area contributed by atoms with Crippen LogP contribution in [0.3, 0.4) is 0 Å². The summed E-state index contributed by atoms with van der Waals surface area (Å²) in [5.74, 6) is 0. The van der Waals surface area contributed by atoms with E-state index in [1.807, 2.05) is 0 Å². The predicted molar refractivity (Wildman–Crippen MR) is 41.1 cm³/mol. The molecule has 1 saturated heterocycles. The first-order valence-corrected chi connectivity index (χ1v) is 3.08. The molecular weight excluding hydrogens is 172 g/mol. The number of β-amino-alcohol motifs (C(OH)–C–C–N with tert-alkyl or cyclic N) is 1. The lowest BCUT2D eigenvalue weighted by molar-refractivity contribution is 0.148. The second-order valence-electron chi connectivity index (χ2n) is 2.28. The molecule has 11 heavy (non-hydrogen) atoms. The van der Waals surface area contributed by atoms with Crippen molar-refractivity contribution in [2.45, 2.75) is 12.1 Å². The zero-order chi connectivity index (χ0) is 7.56. The molecule has 0 spiro atoms. The highest BCUT2D eigenvalue weighted by Crippen LogP contribution is 1.97. The largest absolute Gasteiger partial charge is 0.465 e. The van der Waals surface area contributed by atoms with Crippen LogP contribution in [0.5, 0.6) is 0 Å². The number of carboxylic acid groups (broad SMARTS) is 1. The minimum Gasteiger partial charge on any atom is -0.465 e. The Kier molecular flexibility index (Phi) is 4.17. The fourth-order valence-electron chi connectivity index (χ4n) is 0.971. The number of halogens is 1. The Morgan fingerprint density at radius 2 is 2.18 bits per heavy atom. The Bertz CT molecular complexity index is 144. The van der Waals surface area contributed by atoms with Crippen LogP contribution >= 0.6 is 12.4 Å². The van der Waals surface area contributed by atoms with Gasteiger partial charge in [0.25, 0.3) is 0 Å². The van der Waals surface area contributed by atoms with E-state index in [1.165, 1.54) is 0 Å². The first kappa shape index (κ1) is 10.5. The van der Waals surface area contributed by atoms with Crippen LogP contribution in [0, 0.1) is 0 Å². The van der Waals surface area contributed by atoms with Crippen LogP contribution < -0.4 is 10.6 Å². The van der Waals surface area contributed by atoms with Crippen LogP contribution in [-0.4, -0.2) is 41.5 Å². The summed E-state index contributed by atoms with van der Waals surface area (Å²) >= 11 is 0. The Morgan fingerprint density at radius 3 is 2.55 bits per heavy atom. The van der Waals surface area contributed by atoms with Gasteiger partial charge in [0.05, 0.1) is 12.1 Å². The fourth-order valence-corrected chi connectivity index (χ4v) is 0.971. The van der Waals surface area contributed by atoms with Crippen LogP contribution in [0.2, 0.25) is 0 Å². The zero-order valence-electron chi connectivity index (χ0n) is 5.78. The third kappa shape index (κ3) is 2.92. The minimum atomic E-state index is -1.09. The number of aliphatic hydroxyl groups is 1. The fraction of sp³-hybridized carbons (Fsp3) is 0.800. The topological polar surface area (TPSA) is 81.6 Å². The maximum Gasteiger partial charge on any atom is 0.405 e. The zero-order valence-corrected chi connectivity index (χ0v) is 6.60. The van der Waals surface area contributed by atoms with Crippen molar-refractivity contribution >= 4 is 18.5 Å². The van der Waals surface area contributed by atoms with Crippen molar-refractivity contribution in [2.24, 2.45) is 0 Å². The van der Waals surface area contributed by atoms with Gasteiger partial charge in [-0.1, -0.05) is 0 Å². The second-order valence-corrected chi connectivity index (χ2v) is 2.28. The summed E-state index contributed by atoms with van der Waals surface area (Å²) in [6, 6.07) is -0.350. The van der Waals surface area contributed by atoms with Gasteiger partial charge in [0, 0.05) is 13.1 Å². The van der Waals surface area contributed by atoms with E-state index in [0.29, 0.717) is 13.1 Å². The van der Waals surface area contributed by atoms with Gasteiger partial charge in [-0.2, -0.15) is 0 Å². The molecule has 0 aromatic heterocycles. The highest BCUT2D eigenvalue weighted by Gasteiger charge is 2.25. The molecule has 0 unspecified atom stereocenters. The summed E-state index contributed by atoms with van der Waals surface area (Å²) in [7, 11) is 0. The lowest BCUT2D eigenvalue weighted by Crippen LogP contribution is -2.41. The van der Waals surface area contributed by atoms with E-state index in [-0.39, 0.29) is 18.4 Å². The molecule has 0 bridgehead atoms. The Hall–Kier alpha value is -0.520. The van der Waals surface area contributed by atoms with Gasteiger partial charge in [-0.15, -0.1) is 12.4 Å². The average molecular weight is 183 g/mol. The molecule has 1 amide bonds. The first-order valence-electron chi connectivity index (χ1n) is 3.08. The van der Waals surface area contributed by atoms with E-state index < -0.39 is 12.2 Å². The normalized spacial score (nSPS) is 29.2. The van der Waals surface area contributed by atoms with Crippen molar-refractivity contribution in [2.75, 3.05) is 13.1 Å². The van der Waals surface area contributed by atoms with Gasteiger partial charge in [-0.3, -0.25) is 0 Å². The summed E-state index contributed by atoms with van der Waals surface area (Å²) in [6.07, 6.45) is -1.68. The smallest absolute Gasteiger partial charge is 0.405 e. The van der Waals surface area contributed by atoms with Crippen molar-refractivity contribution in [3.05, 3.63) is 0 Å². The number of rotatable bonds is 1. The monoisotopic (exact) mass is 182 g/mol. The molecule has 2 atom stereocenters. The number of hydrogen-bond acceptors (Lipinski definition) is 3. The van der Waals surface area contributed by atoms with E-state index in [1.54, 1.807) is 0 Å². The highest BCUT2D eigenvalue weighted by molar-refractivity contribution is 5.85. The van der Waals surface area contributed by atoms with Crippen molar-refractivity contribution in [3.63, 3.8) is 0 Å². The third-order valence-corrected chi connectivity index (χ3v) is 1.49. The van der Waals surface area contributed by atoms with Crippen LogP contribution in [0.15, 0.2) is 0 Å². The van der Waals surface area contributed by atoms with Crippen LogP contribution in [0.25, 0.3) is 0 Å². The third-order valence-electron chi connectivity index (χ3n) is 1.49. The van der Waals surface area contributed by atoms with Crippen molar-refractivity contribution in [1.29, 1.82) is 0 Å². The molecule has 0 aliphatic carbocycles. The first-order chi connectivity index (χ1) is 4.70. The number of hydrogen-bond donors (Lipinski definition) is 4. The average Bonchev–Trinajstić information content (AvgIpc) is 2.15. The Balaban J connectivity index is 0.000001000. The summed E-state index contributed by atoms with van der Waals surface area (Å²) in [6.45, 7) is 0.971. The van der Waals surface area contributed by atoms with Gasteiger partial charge in [0.2, 0.25) is 0 Å². The molecule has 0 aromatic rings. The van der Waals surface area contributed by atoms with Crippen LogP contribution in [0.1, 0.15) is 0 Å². The predicted octanol–water partition coefficient (Wildman–Crippen LogP) is -0.992. The molecule has 0 saturated carbocycles. The van der Waals surface area contributed by atoms with E-state index in [9.17, 15) is 4.79 Å². The number of carbonyl (C=O) groups is 1. The maximum atomic E-state index is 10.1. The summed E-state index contributed by atoms with van der Waals surface area (Å²) in [4.78, 5) is 10.1. The van der Waals surface area contributed by atoms with Gasteiger partial charge in [0.1, 0.15) is 0 Å². The van der Waals surface area contributed by atoms with E-state index in [2.05, 4.69) is 10.6 Å². The lowest BCUT2D eigenvalue weighted by Gasteiger charge is -2.11. The van der Waals surface area contributed by atoms with Crippen LogP contribution in [-0.2, 0) is 0 Å². The van der Waals surface area contributed by atoms with E-state index in [4.69, 9.17) is 10.2 Å². The van der Waals surface area contributed by atoms with Crippen molar-refractivity contribution < 1.29 is 15.0 Å². The van der Waals surface area contributed by atoms with E-state index in [0.717, 1.165) is 0 Å². The highest BCUT2D eigenvalue weighted by atomic mass is 35.5. The molecule has 66 valence electrons. The molecule has 0 aromatic carbocycles. The summed E-state index contributed by atoms with van der Waals surface area (Å²) in [5, 5.41) is 22.3. The van der Waals surface area contributed by atoms with Gasteiger partial charge in [-0.05, 0) is 0 Å². The van der Waals surface area contributed by atoms with Gasteiger partial charge >= 0.3 is 6.09 Å². The summed E-state index contributed by atoms with van der Waals surface area (Å²) in [5.41, 5.74) is 0. The van der Waals surface area contributed by atoms with Gasteiger partial charge in [0.15, 0.2) is 0 Å². The molecular formula is C5H11ClN2O3. The Labute approximate surface area is 70.2 Å². The molecule has 1 fully saturated rings. The van der Waals surface area contributed by atoms with Crippen LogP contribution in [0.4, 0.5) is 4.79 Å². The summed E-state index contributed by atoms with van der Waals surface area (Å²) < 4.78 is 0.